The minimum Gasteiger partial charge on any atom is -0.496 e. The molecular weight excluding hydrogens is 265 g/mol. The smallest absolute Gasteiger partial charge is 0.123 e. The third-order valence-corrected chi connectivity index (χ3v) is 4.19. The van der Waals surface area contributed by atoms with Crippen molar-refractivity contribution in [3.8, 4) is 5.75 Å². The van der Waals surface area contributed by atoms with Crippen molar-refractivity contribution in [1.29, 1.82) is 0 Å². The van der Waals surface area contributed by atoms with E-state index in [9.17, 15) is 4.39 Å². The molecule has 1 aliphatic carbocycles. The topological polar surface area (TPSA) is 21.3 Å². The molecule has 110 valence electrons. The van der Waals surface area contributed by atoms with Crippen LogP contribution >= 0.6 is 0 Å². The maximum Gasteiger partial charge on any atom is 0.123 e. The number of methoxy groups -OCH3 is 1. The molecule has 3 heteroatoms. The molecule has 0 amide bonds. The number of nitrogens with one attached hydrogen (secondary N) is 1. The fraction of sp³-hybridized carbons (Fsp3) is 0.333. The summed E-state index contributed by atoms with van der Waals surface area (Å²) in [7, 11) is 1.62. The molecule has 2 aromatic carbocycles. The summed E-state index contributed by atoms with van der Waals surface area (Å²) >= 11 is 0. The van der Waals surface area contributed by atoms with Gasteiger partial charge in [0.15, 0.2) is 0 Å². The van der Waals surface area contributed by atoms with Gasteiger partial charge in [-0.15, -0.1) is 0 Å². The first-order chi connectivity index (χ1) is 10.2. The summed E-state index contributed by atoms with van der Waals surface area (Å²) in [6.45, 7) is 2.06. The Hall–Kier alpha value is -1.87. The van der Waals surface area contributed by atoms with Crippen LogP contribution in [-0.2, 0) is 12.8 Å². The molecule has 1 N–H and O–H groups in total. The SMILES string of the molecule is COc1ccc(F)cc1C(C)NC1Cc2ccccc2C1. The fourth-order valence-electron chi connectivity index (χ4n) is 3.16. The summed E-state index contributed by atoms with van der Waals surface area (Å²) in [4.78, 5) is 0. The molecule has 0 fully saturated rings. The van der Waals surface area contributed by atoms with Crippen LogP contribution in [0.3, 0.4) is 0 Å². The van der Waals surface area contributed by atoms with E-state index in [0.717, 1.165) is 24.2 Å². The van der Waals surface area contributed by atoms with Crippen LogP contribution in [0.15, 0.2) is 42.5 Å². The second kappa shape index (κ2) is 5.86. The molecule has 1 atom stereocenters. The normalized spacial score (nSPS) is 15.8. The highest BCUT2D eigenvalue weighted by Crippen LogP contribution is 2.28. The van der Waals surface area contributed by atoms with Gasteiger partial charge in [0.1, 0.15) is 11.6 Å². The van der Waals surface area contributed by atoms with Crippen molar-refractivity contribution in [2.75, 3.05) is 7.11 Å². The predicted octanol–water partition coefficient (Wildman–Crippen LogP) is 3.65. The standard InChI is InChI=1S/C18H20FNO/c1-12(17-11-15(19)7-8-18(17)21-2)20-16-9-13-5-3-4-6-14(13)10-16/h3-8,11-12,16,20H,9-10H2,1-2H3. The summed E-state index contributed by atoms with van der Waals surface area (Å²) < 4.78 is 18.8. The molecule has 21 heavy (non-hydrogen) atoms. The molecule has 0 saturated heterocycles. The quantitative estimate of drug-likeness (QED) is 0.926. The third-order valence-electron chi connectivity index (χ3n) is 4.19. The highest BCUT2D eigenvalue weighted by molar-refractivity contribution is 5.37. The van der Waals surface area contributed by atoms with E-state index in [4.69, 9.17) is 4.74 Å². The van der Waals surface area contributed by atoms with Crippen molar-refractivity contribution in [2.45, 2.75) is 31.8 Å². The molecule has 0 bridgehead atoms. The van der Waals surface area contributed by atoms with Crippen LogP contribution in [0, 0.1) is 5.82 Å². The van der Waals surface area contributed by atoms with Crippen LogP contribution in [0.1, 0.15) is 29.7 Å². The average Bonchev–Trinajstić information content (AvgIpc) is 2.89. The third kappa shape index (κ3) is 2.93. The highest BCUT2D eigenvalue weighted by Gasteiger charge is 2.23. The van der Waals surface area contributed by atoms with Crippen molar-refractivity contribution >= 4 is 0 Å². The number of hydrogen-bond acceptors (Lipinski definition) is 2. The van der Waals surface area contributed by atoms with Crippen molar-refractivity contribution < 1.29 is 9.13 Å². The molecule has 1 unspecified atom stereocenters. The first kappa shape index (κ1) is 14.1. The van der Waals surface area contributed by atoms with Crippen LogP contribution in [-0.4, -0.2) is 13.2 Å². The van der Waals surface area contributed by atoms with Crippen molar-refractivity contribution in [2.24, 2.45) is 0 Å². The highest BCUT2D eigenvalue weighted by atomic mass is 19.1. The molecule has 0 aromatic heterocycles. The average molecular weight is 285 g/mol. The Morgan fingerprint density at radius 1 is 1.14 bits per heavy atom. The van der Waals surface area contributed by atoms with E-state index in [1.165, 1.54) is 17.2 Å². The molecule has 1 aliphatic rings. The van der Waals surface area contributed by atoms with E-state index < -0.39 is 0 Å². The molecule has 0 aliphatic heterocycles. The zero-order valence-corrected chi connectivity index (χ0v) is 12.4. The summed E-state index contributed by atoms with van der Waals surface area (Å²) in [5.74, 6) is 0.501. The molecule has 0 heterocycles. The molecular formula is C18H20FNO. The predicted molar refractivity (Wildman–Crippen MR) is 82.1 cm³/mol. The summed E-state index contributed by atoms with van der Waals surface area (Å²) in [6.07, 6.45) is 2.05. The molecule has 0 spiro atoms. The van der Waals surface area contributed by atoms with Gasteiger partial charge in [0.25, 0.3) is 0 Å². The monoisotopic (exact) mass is 285 g/mol. The number of rotatable bonds is 4. The Morgan fingerprint density at radius 3 is 2.43 bits per heavy atom. The van der Waals surface area contributed by atoms with Crippen molar-refractivity contribution in [1.82, 2.24) is 5.32 Å². The molecule has 2 aromatic rings. The van der Waals surface area contributed by atoms with E-state index in [1.807, 2.05) is 0 Å². The van der Waals surface area contributed by atoms with Crippen molar-refractivity contribution in [3.05, 3.63) is 65.0 Å². The Balaban J connectivity index is 1.73. The minimum atomic E-state index is -0.228. The largest absolute Gasteiger partial charge is 0.496 e. The van der Waals surface area contributed by atoms with Gasteiger partial charge >= 0.3 is 0 Å². The van der Waals surface area contributed by atoms with E-state index >= 15 is 0 Å². The Labute approximate surface area is 125 Å². The Bertz CT molecular complexity index is 616. The maximum absolute atomic E-state index is 13.5. The fourth-order valence-corrected chi connectivity index (χ4v) is 3.16. The van der Waals surface area contributed by atoms with Crippen LogP contribution in [0.25, 0.3) is 0 Å². The van der Waals surface area contributed by atoms with E-state index in [0.29, 0.717) is 6.04 Å². The van der Waals surface area contributed by atoms with E-state index in [-0.39, 0.29) is 11.9 Å². The molecule has 0 saturated carbocycles. The maximum atomic E-state index is 13.5. The lowest BCUT2D eigenvalue weighted by atomic mass is 10.0. The Morgan fingerprint density at radius 2 is 1.81 bits per heavy atom. The number of fused-ring (bicyclic) bond motifs is 1. The summed E-state index contributed by atoms with van der Waals surface area (Å²) in [5.41, 5.74) is 3.69. The van der Waals surface area contributed by atoms with Gasteiger partial charge in [-0.2, -0.15) is 0 Å². The van der Waals surface area contributed by atoms with Gasteiger partial charge < -0.3 is 10.1 Å². The van der Waals surface area contributed by atoms with Gasteiger partial charge in [-0.05, 0) is 49.1 Å². The van der Waals surface area contributed by atoms with Crippen molar-refractivity contribution in [3.63, 3.8) is 0 Å². The number of ether oxygens (including phenoxy) is 1. The van der Waals surface area contributed by atoms with Crippen LogP contribution in [0.2, 0.25) is 0 Å². The zero-order chi connectivity index (χ0) is 14.8. The Kier molecular flexibility index (Phi) is 3.93. The molecule has 0 radical (unpaired) electrons. The lowest BCUT2D eigenvalue weighted by molar-refractivity contribution is 0.392. The summed E-state index contributed by atoms with van der Waals surface area (Å²) in [6, 6.07) is 13.7. The van der Waals surface area contributed by atoms with E-state index in [1.54, 1.807) is 19.2 Å². The number of hydrogen-bond donors (Lipinski definition) is 1. The minimum absolute atomic E-state index is 0.0509. The summed E-state index contributed by atoms with van der Waals surface area (Å²) in [5, 5.41) is 3.60. The van der Waals surface area contributed by atoms with E-state index in [2.05, 4.69) is 36.5 Å². The van der Waals surface area contributed by atoms with Crippen LogP contribution < -0.4 is 10.1 Å². The van der Waals surface area contributed by atoms with Gasteiger partial charge in [0, 0.05) is 17.6 Å². The van der Waals surface area contributed by atoms with Gasteiger partial charge in [-0.1, -0.05) is 24.3 Å². The second-order valence-corrected chi connectivity index (χ2v) is 5.65. The second-order valence-electron chi connectivity index (χ2n) is 5.65. The number of benzene rings is 2. The molecule has 3 rings (SSSR count). The molecule has 2 nitrogen and oxygen atoms in total. The van der Waals surface area contributed by atoms with Crippen LogP contribution in [0.5, 0.6) is 5.75 Å². The van der Waals surface area contributed by atoms with Gasteiger partial charge in [0.2, 0.25) is 0 Å². The lowest BCUT2D eigenvalue weighted by Crippen LogP contribution is -2.32. The van der Waals surface area contributed by atoms with Gasteiger partial charge in [-0.3, -0.25) is 0 Å². The van der Waals surface area contributed by atoms with Gasteiger partial charge in [0.05, 0.1) is 7.11 Å². The lowest BCUT2D eigenvalue weighted by Gasteiger charge is -2.21. The first-order valence-corrected chi connectivity index (χ1v) is 7.33. The van der Waals surface area contributed by atoms with Crippen LogP contribution in [0.4, 0.5) is 4.39 Å². The van der Waals surface area contributed by atoms with Gasteiger partial charge in [-0.25, -0.2) is 4.39 Å². The zero-order valence-electron chi connectivity index (χ0n) is 12.4. The first-order valence-electron chi connectivity index (χ1n) is 7.33. The number of halogens is 1.